The minimum atomic E-state index is -1.24. The standard InChI is InChI=1S/C7H9FN2O2/c1-3(2)5-9-6(11)4(8)7(12)10-5/h3H,1-2H3,(H2,9,10,11,12). The van der Waals surface area contributed by atoms with Crippen LogP contribution < -0.4 is 5.56 Å². The zero-order chi connectivity index (χ0) is 9.30. The molecule has 0 saturated heterocycles. The predicted molar refractivity (Wildman–Crippen MR) is 40.6 cm³/mol. The van der Waals surface area contributed by atoms with Gasteiger partial charge in [-0.05, 0) is 0 Å². The van der Waals surface area contributed by atoms with Crippen LogP contribution in [0.4, 0.5) is 4.39 Å². The number of aromatic amines is 1. The Labute approximate surface area is 68.1 Å². The van der Waals surface area contributed by atoms with Crippen molar-refractivity contribution in [2.75, 3.05) is 0 Å². The van der Waals surface area contributed by atoms with Crippen molar-refractivity contribution in [1.29, 1.82) is 0 Å². The highest BCUT2D eigenvalue weighted by Gasteiger charge is 2.10. The van der Waals surface area contributed by atoms with E-state index in [0.29, 0.717) is 0 Å². The second-order valence-corrected chi connectivity index (χ2v) is 2.74. The molecule has 0 aromatic carbocycles. The highest BCUT2D eigenvalue weighted by Crippen LogP contribution is 2.11. The maximum Gasteiger partial charge on any atom is 0.291 e. The molecule has 12 heavy (non-hydrogen) atoms. The lowest BCUT2D eigenvalue weighted by Crippen LogP contribution is -2.15. The van der Waals surface area contributed by atoms with E-state index in [0.717, 1.165) is 0 Å². The van der Waals surface area contributed by atoms with Gasteiger partial charge in [-0.1, -0.05) is 13.8 Å². The number of halogens is 1. The van der Waals surface area contributed by atoms with Gasteiger partial charge in [0.15, 0.2) is 0 Å². The van der Waals surface area contributed by atoms with Crippen LogP contribution in [0, 0.1) is 5.82 Å². The second kappa shape index (κ2) is 2.92. The molecule has 0 atom stereocenters. The Hall–Kier alpha value is -1.39. The van der Waals surface area contributed by atoms with Gasteiger partial charge in [0.05, 0.1) is 0 Å². The Kier molecular flexibility index (Phi) is 2.12. The van der Waals surface area contributed by atoms with E-state index in [4.69, 9.17) is 5.11 Å². The van der Waals surface area contributed by atoms with Gasteiger partial charge in [0.25, 0.3) is 11.4 Å². The fourth-order valence-electron chi connectivity index (χ4n) is 0.737. The van der Waals surface area contributed by atoms with Crippen LogP contribution in [-0.2, 0) is 0 Å². The van der Waals surface area contributed by atoms with Crippen LogP contribution in [0.15, 0.2) is 4.79 Å². The maximum absolute atomic E-state index is 12.5. The Balaban J connectivity index is 3.31. The van der Waals surface area contributed by atoms with E-state index in [1.165, 1.54) is 0 Å². The molecular formula is C7H9FN2O2. The number of aromatic hydroxyl groups is 1. The lowest BCUT2D eigenvalue weighted by molar-refractivity contribution is 0.399. The number of hydrogen-bond acceptors (Lipinski definition) is 3. The van der Waals surface area contributed by atoms with Gasteiger partial charge in [-0.25, -0.2) is 0 Å². The fourth-order valence-corrected chi connectivity index (χ4v) is 0.737. The highest BCUT2D eigenvalue weighted by molar-refractivity contribution is 5.11. The highest BCUT2D eigenvalue weighted by atomic mass is 19.1. The van der Waals surface area contributed by atoms with Gasteiger partial charge in [0.1, 0.15) is 5.82 Å². The molecule has 66 valence electrons. The van der Waals surface area contributed by atoms with E-state index < -0.39 is 17.3 Å². The minimum absolute atomic E-state index is 0.0517. The molecule has 0 fully saturated rings. The average Bonchev–Trinajstić information content (AvgIpc) is 1.99. The molecule has 4 nitrogen and oxygen atoms in total. The van der Waals surface area contributed by atoms with Crippen LogP contribution in [0.5, 0.6) is 5.88 Å². The Morgan fingerprint density at radius 1 is 1.58 bits per heavy atom. The molecule has 0 bridgehead atoms. The third-order valence-electron chi connectivity index (χ3n) is 1.41. The number of nitrogens with zero attached hydrogens (tertiary/aromatic N) is 1. The van der Waals surface area contributed by atoms with E-state index in [1.54, 1.807) is 13.8 Å². The molecule has 0 radical (unpaired) electrons. The summed E-state index contributed by atoms with van der Waals surface area (Å²) in [5.74, 6) is -1.86. The zero-order valence-corrected chi connectivity index (χ0v) is 6.76. The van der Waals surface area contributed by atoms with Crippen molar-refractivity contribution in [1.82, 2.24) is 9.97 Å². The predicted octanol–water partition coefficient (Wildman–Crippen LogP) is 0.738. The monoisotopic (exact) mass is 172 g/mol. The van der Waals surface area contributed by atoms with Gasteiger partial charge in [-0.3, -0.25) is 4.79 Å². The van der Waals surface area contributed by atoms with Gasteiger partial charge >= 0.3 is 0 Å². The first-order valence-corrected chi connectivity index (χ1v) is 3.51. The van der Waals surface area contributed by atoms with Crippen molar-refractivity contribution in [3.63, 3.8) is 0 Å². The fraction of sp³-hybridized carbons (Fsp3) is 0.429. The van der Waals surface area contributed by atoms with E-state index in [9.17, 15) is 9.18 Å². The van der Waals surface area contributed by atoms with Gasteiger partial charge in [-0.2, -0.15) is 9.37 Å². The summed E-state index contributed by atoms with van der Waals surface area (Å²) in [5, 5.41) is 8.82. The third-order valence-corrected chi connectivity index (χ3v) is 1.41. The first kappa shape index (κ1) is 8.70. The first-order chi connectivity index (χ1) is 5.52. The molecule has 0 aliphatic rings. The summed E-state index contributed by atoms with van der Waals surface area (Å²) >= 11 is 0. The molecule has 5 heteroatoms. The molecule has 1 aromatic rings. The number of rotatable bonds is 1. The SMILES string of the molecule is CC(C)c1nc(O)c(F)c(=O)[nH]1. The maximum atomic E-state index is 12.5. The number of nitrogens with one attached hydrogen (secondary N) is 1. The first-order valence-electron chi connectivity index (χ1n) is 3.51. The Morgan fingerprint density at radius 3 is 2.58 bits per heavy atom. The van der Waals surface area contributed by atoms with Gasteiger partial charge < -0.3 is 10.1 Å². The van der Waals surface area contributed by atoms with Crippen LogP contribution in [-0.4, -0.2) is 15.1 Å². The molecule has 0 aliphatic heterocycles. The lowest BCUT2D eigenvalue weighted by atomic mass is 10.2. The van der Waals surface area contributed by atoms with E-state index in [2.05, 4.69) is 9.97 Å². The van der Waals surface area contributed by atoms with E-state index in [-0.39, 0.29) is 11.7 Å². The Bertz CT molecular complexity index is 346. The van der Waals surface area contributed by atoms with Gasteiger partial charge in [0.2, 0.25) is 5.82 Å². The van der Waals surface area contributed by atoms with Crippen LogP contribution in [0.3, 0.4) is 0 Å². The topological polar surface area (TPSA) is 66.0 Å². The number of H-pyrrole nitrogens is 1. The molecule has 0 amide bonds. The number of aromatic nitrogens is 2. The van der Waals surface area contributed by atoms with Crippen LogP contribution in [0.25, 0.3) is 0 Å². The molecule has 0 aliphatic carbocycles. The third kappa shape index (κ3) is 1.44. The summed E-state index contributed by atoms with van der Waals surface area (Å²) in [7, 11) is 0. The summed E-state index contributed by atoms with van der Waals surface area (Å²) in [6.45, 7) is 3.55. The summed E-state index contributed by atoms with van der Waals surface area (Å²) in [6.07, 6.45) is 0. The quantitative estimate of drug-likeness (QED) is 0.656. The van der Waals surface area contributed by atoms with Crippen molar-refractivity contribution >= 4 is 0 Å². The minimum Gasteiger partial charge on any atom is -0.491 e. The molecule has 0 unspecified atom stereocenters. The van der Waals surface area contributed by atoms with Gasteiger partial charge in [0, 0.05) is 5.92 Å². The van der Waals surface area contributed by atoms with Crippen LogP contribution in [0.1, 0.15) is 25.6 Å². The van der Waals surface area contributed by atoms with Crippen molar-refractivity contribution < 1.29 is 9.50 Å². The van der Waals surface area contributed by atoms with Crippen molar-refractivity contribution in [3.05, 3.63) is 22.0 Å². The van der Waals surface area contributed by atoms with Gasteiger partial charge in [-0.15, -0.1) is 0 Å². The van der Waals surface area contributed by atoms with Crippen LogP contribution in [0.2, 0.25) is 0 Å². The summed E-state index contributed by atoms with van der Waals surface area (Å²) in [5.41, 5.74) is -0.939. The average molecular weight is 172 g/mol. The number of hydrogen-bond donors (Lipinski definition) is 2. The van der Waals surface area contributed by atoms with Crippen LogP contribution >= 0.6 is 0 Å². The molecule has 2 N–H and O–H groups in total. The molecule has 1 heterocycles. The van der Waals surface area contributed by atoms with E-state index in [1.807, 2.05) is 0 Å². The smallest absolute Gasteiger partial charge is 0.291 e. The summed E-state index contributed by atoms with van der Waals surface area (Å²) in [4.78, 5) is 16.4. The lowest BCUT2D eigenvalue weighted by Gasteiger charge is -2.03. The molecule has 0 spiro atoms. The largest absolute Gasteiger partial charge is 0.491 e. The van der Waals surface area contributed by atoms with E-state index >= 15 is 0 Å². The molecule has 0 saturated carbocycles. The van der Waals surface area contributed by atoms with Crippen molar-refractivity contribution in [2.24, 2.45) is 0 Å². The van der Waals surface area contributed by atoms with Crippen molar-refractivity contribution in [3.8, 4) is 5.88 Å². The zero-order valence-electron chi connectivity index (χ0n) is 6.76. The molecule has 1 aromatic heterocycles. The summed E-state index contributed by atoms with van der Waals surface area (Å²) < 4.78 is 12.5. The summed E-state index contributed by atoms with van der Waals surface area (Å²) in [6, 6.07) is 0. The molecule has 1 rings (SSSR count). The van der Waals surface area contributed by atoms with Crippen molar-refractivity contribution in [2.45, 2.75) is 19.8 Å². The second-order valence-electron chi connectivity index (χ2n) is 2.74. The normalized spacial score (nSPS) is 10.7. The Morgan fingerprint density at radius 2 is 2.17 bits per heavy atom. The molecular weight excluding hydrogens is 163 g/mol.